The van der Waals surface area contributed by atoms with Gasteiger partial charge in [0.25, 0.3) is 0 Å². The maximum Gasteiger partial charge on any atom is 0.237 e. The van der Waals surface area contributed by atoms with Crippen molar-refractivity contribution in [3.8, 4) is 5.75 Å². The Labute approximate surface area is 209 Å². The minimum absolute atomic E-state index is 0.247. The van der Waals surface area contributed by atoms with Gasteiger partial charge >= 0.3 is 0 Å². The first-order chi connectivity index (χ1) is 17.2. The number of hydrogen-bond acceptors (Lipinski definition) is 3. The Morgan fingerprint density at radius 1 is 0.771 bits per heavy atom. The number of piperidine rings is 1. The molecule has 4 nitrogen and oxygen atoms in total. The molecule has 35 heavy (non-hydrogen) atoms. The van der Waals surface area contributed by atoms with Crippen molar-refractivity contribution < 1.29 is 9.90 Å². The number of carbonyl (C=O) groups excluding carboxylic acids is 1. The lowest BCUT2D eigenvalue weighted by atomic mass is 9.70. The lowest BCUT2D eigenvalue weighted by Gasteiger charge is -2.40. The SMILES string of the molecule is O=C(N1CCCC1)C(CCN1CCC(c2ccccc2O)CC1)(c1ccccc1)c1ccccc1. The highest BCUT2D eigenvalue weighted by molar-refractivity contribution is 5.92. The predicted octanol–water partition coefficient (Wildman–Crippen LogP) is 5.57. The van der Waals surface area contributed by atoms with Gasteiger partial charge in [0.15, 0.2) is 0 Å². The zero-order valence-electron chi connectivity index (χ0n) is 20.5. The quantitative estimate of drug-likeness (QED) is 0.493. The summed E-state index contributed by atoms with van der Waals surface area (Å²) in [6.45, 7) is 4.54. The van der Waals surface area contributed by atoms with Crippen LogP contribution in [0.2, 0.25) is 0 Å². The molecule has 1 N–H and O–H groups in total. The Hall–Kier alpha value is -3.11. The zero-order chi connectivity index (χ0) is 24.1. The van der Waals surface area contributed by atoms with E-state index < -0.39 is 5.41 Å². The fourth-order valence-corrected chi connectivity index (χ4v) is 6.07. The first-order valence-corrected chi connectivity index (χ1v) is 13.1. The van der Waals surface area contributed by atoms with Crippen LogP contribution in [0.1, 0.15) is 54.7 Å². The highest BCUT2D eigenvalue weighted by atomic mass is 16.3. The van der Waals surface area contributed by atoms with Crippen molar-refractivity contribution in [2.24, 2.45) is 0 Å². The number of rotatable bonds is 7. The molecule has 3 aromatic rings. The molecule has 2 aliphatic heterocycles. The Morgan fingerprint density at radius 3 is 1.89 bits per heavy atom. The Bertz CT molecular complexity index is 1060. The average Bonchev–Trinajstić information content (AvgIpc) is 3.46. The Kier molecular flexibility index (Phi) is 7.19. The third-order valence-corrected chi connectivity index (χ3v) is 8.06. The van der Waals surface area contributed by atoms with Crippen LogP contribution in [-0.4, -0.2) is 53.5 Å². The van der Waals surface area contributed by atoms with Gasteiger partial charge in [-0.15, -0.1) is 0 Å². The fraction of sp³-hybridized carbons (Fsp3) is 0.387. The molecule has 0 aromatic heterocycles. The molecule has 0 spiro atoms. The van der Waals surface area contributed by atoms with Gasteiger partial charge in [-0.1, -0.05) is 78.9 Å². The molecule has 3 aromatic carbocycles. The molecule has 0 atom stereocenters. The summed E-state index contributed by atoms with van der Waals surface area (Å²) in [5.74, 6) is 1.05. The number of phenols is 1. The number of benzene rings is 3. The number of phenolic OH excluding ortho intramolecular Hbond substituents is 1. The van der Waals surface area contributed by atoms with Crippen LogP contribution in [0.25, 0.3) is 0 Å². The average molecular weight is 469 g/mol. The van der Waals surface area contributed by atoms with Crippen molar-refractivity contribution in [3.05, 3.63) is 102 Å². The molecule has 5 rings (SSSR count). The van der Waals surface area contributed by atoms with Gasteiger partial charge in [-0.05, 0) is 80.4 Å². The van der Waals surface area contributed by atoms with Gasteiger partial charge in [0.2, 0.25) is 5.91 Å². The van der Waals surface area contributed by atoms with Crippen molar-refractivity contribution in [1.29, 1.82) is 0 Å². The number of aromatic hydroxyl groups is 1. The fourth-order valence-electron chi connectivity index (χ4n) is 6.07. The molecule has 0 bridgehead atoms. The van der Waals surface area contributed by atoms with Gasteiger partial charge in [0.05, 0.1) is 0 Å². The van der Waals surface area contributed by atoms with E-state index in [4.69, 9.17) is 0 Å². The normalized spacial score (nSPS) is 17.5. The van der Waals surface area contributed by atoms with Gasteiger partial charge in [0.1, 0.15) is 11.2 Å². The van der Waals surface area contributed by atoms with E-state index in [0.717, 1.165) is 81.5 Å². The molecule has 2 aliphatic rings. The molecular weight excluding hydrogens is 432 g/mol. The lowest BCUT2D eigenvalue weighted by molar-refractivity contribution is -0.135. The van der Waals surface area contributed by atoms with Gasteiger partial charge in [0, 0.05) is 13.1 Å². The van der Waals surface area contributed by atoms with E-state index in [1.54, 1.807) is 6.07 Å². The van der Waals surface area contributed by atoms with Crippen LogP contribution in [0, 0.1) is 0 Å². The number of likely N-dealkylation sites (tertiary alicyclic amines) is 2. The van der Waals surface area contributed by atoms with E-state index in [0.29, 0.717) is 11.7 Å². The van der Waals surface area contributed by atoms with Crippen LogP contribution in [0.4, 0.5) is 0 Å². The van der Waals surface area contributed by atoms with Crippen LogP contribution in [0.3, 0.4) is 0 Å². The molecule has 0 unspecified atom stereocenters. The molecule has 2 saturated heterocycles. The first kappa shape index (κ1) is 23.6. The summed E-state index contributed by atoms with van der Waals surface area (Å²) in [7, 11) is 0. The van der Waals surface area contributed by atoms with Crippen LogP contribution in [0.15, 0.2) is 84.9 Å². The van der Waals surface area contributed by atoms with Crippen molar-refractivity contribution >= 4 is 5.91 Å². The highest BCUT2D eigenvalue weighted by Crippen LogP contribution is 2.40. The van der Waals surface area contributed by atoms with Crippen molar-refractivity contribution in [3.63, 3.8) is 0 Å². The summed E-state index contributed by atoms with van der Waals surface area (Å²) in [5.41, 5.74) is 2.57. The summed E-state index contributed by atoms with van der Waals surface area (Å²) in [6, 6.07) is 28.6. The maximum absolute atomic E-state index is 14.3. The molecule has 2 fully saturated rings. The van der Waals surface area contributed by atoms with Crippen LogP contribution < -0.4 is 0 Å². The molecular formula is C31H36N2O2. The first-order valence-electron chi connectivity index (χ1n) is 13.1. The van der Waals surface area contributed by atoms with E-state index in [2.05, 4.69) is 64.4 Å². The summed E-state index contributed by atoms with van der Waals surface area (Å²) < 4.78 is 0. The summed E-state index contributed by atoms with van der Waals surface area (Å²) in [4.78, 5) is 18.9. The largest absolute Gasteiger partial charge is 0.508 e. The molecule has 182 valence electrons. The van der Waals surface area contributed by atoms with Crippen LogP contribution in [0.5, 0.6) is 5.75 Å². The summed E-state index contributed by atoms with van der Waals surface area (Å²) >= 11 is 0. The zero-order valence-corrected chi connectivity index (χ0v) is 20.5. The standard InChI is InChI=1S/C31H36N2O2/c34-29-16-8-7-15-28(29)25-17-22-32(23-18-25)24-19-31(26-11-3-1-4-12-26,27-13-5-2-6-14-27)30(35)33-20-9-10-21-33/h1-8,11-16,25,34H,9-10,17-24H2. The summed E-state index contributed by atoms with van der Waals surface area (Å²) in [5, 5.41) is 10.3. The summed E-state index contributed by atoms with van der Waals surface area (Å²) in [6.07, 6.45) is 5.00. The van der Waals surface area contributed by atoms with Crippen molar-refractivity contribution in [2.45, 2.75) is 43.4 Å². The van der Waals surface area contributed by atoms with Gasteiger partial charge in [-0.3, -0.25) is 4.79 Å². The second-order valence-corrected chi connectivity index (χ2v) is 10.1. The predicted molar refractivity (Wildman–Crippen MR) is 141 cm³/mol. The van der Waals surface area contributed by atoms with E-state index in [1.807, 2.05) is 24.3 Å². The molecule has 0 aliphatic carbocycles. The number of carbonyl (C=O) groups is 1. The van der Waals surface area contributed by atoms with Crippen molar-refractivity contribution in [2.75, 3.05) is 32.7 Å². The number of nitrogens with zero attached hydrogens (tertiary/aromatic N) is 2. The van der Waals surface area contributed by atoms with Gasteiger partial charge in [-0.2, -0.15) is 0 Å². The van der Waals surface area contributed by atoms with E-state index in [9.17, 15) is 9.90 Å². The van der Waals surface area contributed by atoms with Crippen molar-refractivity contribution in [1.82, 2.24) is 9.80 Å². The second kappa shape index (κ2) is 10.7. The monoisotopic (exact) mass is 468 g/mol. The van der Waals surface area contributed by atoms with Gasteiger partial charge < -0.3 is 14.9 Å². The number of amides is 1. The van der Waals surface area contributed by atoms with E-state index >= 15 is 0 Å². The van der Waals surface area contributed by atoms with Crippen LogP contribution in [-0.2, 0) is 10.2 Å². The second-order valence-electron chi connectivity index (χ2n) is 10.1. The third kappa shape index (κ3) is 4.85. The van der Waals surface area contributed by atoms with Crippen LogP contribution >= 0.6 is 0 Å². The third-order valence-electron chi connectivity index (χ3n) is 8.06. The number of hydrogen-bond donors (Lipinski definition) is 1. The minimum atomic E-state index is -0.679. The Morgan fingerprint density at radius 2 is 1.31 bits per heavy atom. The highest BCUT2D eigenvalue weighted by Gasteiger charge is 2.45. The molecule has 0 saturated carbocycles. The molecule has 2 heterocycles. The molecule has 1 amide bonds. The molecule has 4 heteroatoms. The lowest BCUT2D eigenvalue weighted by Crippen LogP contribution is -2.49. The number of para-hydroxylation sites is 1. The smallest absolute Gasteiger partial charge is 0.237 e. The van der Waals surface area contributed by atoms with E-state index in [-0.39, 0.29) is 5.91 Å². The van der Waals surface area contributed by atoms with E-state index in [1.165, 1.54) is 0 Å². The minimum Gasteiger partial charge on any atom is -0.508 e. The maximum atomic E-state index is 14.3. The molecule has 0 radical (unpaired) electrons. The topological polar surface area (TPSA) is 43.8 Å². The Balaban J connectivity index is 1.40. The van der Waals surface area contributed by atoms with Gasteiger partial charge in [-0.25, -0.2) is 0 Å².